The highest BCUT2D eigenvalue weighted by atomic mass is 16.8. The number of esters is 2. The SMILES string of the molecule is O=C(CCN([O-])O)OC[C@H]1O[C@@H](OC(=O)CCN([O-])O)[C@H](O)[C@@H](O)[C@@H]1O. The minimum Gasteiger partial charge on any atom is -0.762 e. The maximum absolute atomic E-state index is 11.5. The first-order valence-electron chi connectivity index (χ1n) is 7.43. The molecule has 0 bridgehead atoms. The zero-order valence-corrected chi connectivity index (χ0v) is 13.4. The number of hydrogen-bond acceptors (Lipinski definition) is 14. The number of carbonyl (C=O) groups excluding carboxylic acids is 2. The van der Waals surface area contributed by atoms with Gasteiger partial charge in [-0.3, -0.25) is 20.0 Å². The molecule has 1 rings (SSSR count). The van der Waals surface area contributed by atoms with Crippen LogP contribution >= 0.6 is 0 Å². The Kier molecular flexibility index (Phi) is 9.23. The zero-order valence-electron chi connectivity index (χ0n) is 13.4. The van der Waals surface area contributed by atoms with Crippen molar-refractivity contribution in [3.8, 4) is 0 Å². The lowest BCUT2D eigenvalue weighted by Gasteiger charge is -2.39. The highest BCUT2D eigenvalue weighted by Gasteiger charge is 2.46. The molecule has 0 spiro atoms. The van der Waals surface area contributed by atoms with Crippen LogP contribution in [0.15, 0.2) is 0 Å². The van der Waals surface area contributed by atoms with E-state index in [0.29, 0.717) is 0 Å². The van der Waals surface area contributed by atoms with Crippen molar-refractivity contribution in [2.75, 3.05) is 19.7 Å². The molecular formula is C12H20N2O12-2. The molecule has 0 saturated carbocycles. The van der Waals surface area contributed by atoms with E-state index >= 15 is 0 Å². The molecule has 1 fully saturated rings. The van der Waals surface area contributed by atoms with Crippen molar-refractivity contribution >= 4 is 11.9 Å². The van der Waals surface area contributed by atoms with Gasteiger partial charge in [-0.2, -0.15) is 0 Å². The van der Waals surface area contributed by atoms with Crippen molar-refractivity contribution in [3.05, 3.63) is 10.4 Å². The molecule has 1 aliphatic rings. The molecule has 14 heteroatoms. The number of nitrogens with zero attached hydrogens (tertiary/aromatic N) is 2. The average Bonchev–Trinajstić information content (AvgIpc) is 2.57. The quantitative estimate of drug-likeness (QED) is 0.198. The number of carbonyl (C=O) groups is 2. The Morgan fingerprint density at radius 2 is 1.46 bits per heavy atom. The molecule has 0 radical (unpaired) electrons. The van der Waals surface area contributed by atoms with Gasteiger partial charge in [-0.15, -0.1) is 0 Å². The Morgan fingerprint density at radius 1 is 0.923 bits per heavy atom. The highest BCUT2D eigenvalue weighted by Crippen LogP contribution is 2.23. The highest BCUT2D eigenvalue weighted by molar-refractivity contribution is 5.70. The normalized spacial score (nSPS) is 29.0. The summed E-state index contributed by atoms with van der Waals surface area (Å²) in [7, 11) is 0. The summed E-state index contributed by atoms with van der Waals surface area (Å²) in [6.45, 7) is -1.75. The zero-order chi connectivity index (χ0) is 19.9. The Balaban J connectivity index is 2.55. The van der Waals surface area contributed by atoms with E-state index in [-0.39, 0.29) is 0 Å². The van der Waals surface area contributed by atoms with Crippen LogP contribution in [0.5, 0.6) is 0 Å². The molecule has 14 nitrogen and oxygen atoms in total. The van der Waals surface area contributed by atoms with Gasteiger partial charge in [-0.25, -0.2) is 0 Å². The van der Waals surface area contributed by atoms with E-state index in [1.807, 2.05) is 0 Å². The van der Waals surface area contributed by atoms with Crippen LogP contribution in [0.4, 0.5) is 0 Å². The molecular weight excluding hydrogens is 364 g/mol. The second kappa shape index (κ2) is 10.6. The van der Waals surface area contributed by atoms with E-state index in [0.717, 1.165) is 0 Å². The van der Waals surface area contributed by atoms with Crippen molar-refractivity contribution in [2.24, 2.45) is 0 Å². The molecule has 0 aliphatic carbocycles. The Morgan fingerprint density at radius 3 is 2.00 bits per heavy atom. The lowest BCUT2D eigenvalue weighted by atomic mass is 9.99. The maximum Gasteiger partial charge on any atom is 0.309 e. The van der Waals surface area contributed by atoms with Crippen LogP contribution in [0.25, 0.3) is 0 Å². The Bertz CT molecular complexity index is 459. The standard InChI is InChI=1S/C12H20N2O12/c15-7(1-3-13(20)21)24-5-6-9(17)10(18)11(19)12(25-6)26-8(16)2-4-14(22)23/h6,9-12,17-20,22H,1-5H2/q-2/t6-,9-,10+,11-,12+/m1/s1. The van der Waals surface area contributed by atoms with Crippen LogP contribution in [0.1, 0.15) is 12.8 Å². The summed E-state index contributed by atoms with van der Waals surface area (Å²) in [5.74, 6) is -1.95. The van der Waals surface area contributed by atoms with Gasteiger partial charge < -0.3 is 50.4 Å². The fourth-order valence-electron chi connectivity index (χ4n) is 1.96. The number of ether oxygens (including phenoxy) is 3. The van der Waals surface area contributed by atoms with Gasteiger partial charge in [0.05, 0.1) is 12.8 Å². The molecule has 26 heavy (non-hydrogen) atoms. The maximum atomic E-state index is 11.5. The third-order valence-corrected chi connectivity index (χ3v) is 3.34. The fourth-order valence-corrected chi connectivity index (χ4v) is 1.96. The van der Waals surface area contributed by atoms with Crippen molar-refractivity contribution in [3.63, 3.8) is 0 Å². The summed E-state index contributed by atoms with van der Waals surface area (Å²) >= 11 is 0. The molecule has 0 aromatic heterocycles. The largest absolute Gasteiger partial charge is 0.762 e. The van der Waals surface area contributed by atoms with E-state index in [1.54, 1.807) is 0 Å². The van der Waals surface area contributed by atoms with Crippen molar-refractivity contribution in [1.82, 2.24) is 10.5 Å². The van der Waals surface area contributed by atoms with Gasteiger partial charge in [0.25, 0.3) is 0 Å². The van der Waals surface area contributed by atoms with Gasteiger partial charge in [0, 0.05) is 13.1 Å². The molecule has 0 aromatic carbocycles. The molecule has 1 aliphatic heterocycles. The summed E-state index contributed by atoms with van der Waals surface area (Å²) in [6.07, 6.45) is -9.40. The molecule has 152 valence electrons. The molecule has 1 heterocycles. The lowest BCUT2D eigenvalue weighted by molar-refractivity contribution is -0.293. The minimum absolute atomic E-state index is 0.459. The van der Waals surface area contributed by atoms with Gasteiger partial charge in [0.2, 0.25) is 6.29 Å². The minimum atomic E-state index is -1.82. The van der Waals surface area contributed by atoms with E-state index in [9.17, 15) is 35.3 Å². The molecule has 5 atom stereocenters. The third kappa shape index (κ3) is 7.42. The first-order valence-corrected chi connectivity index (χ1v) is 7.43. The number of hydroxylamine groups is 4. The number of hydrogen-bond donors (Lipinski definition) is 5. The van der Waals surface area contributed by atoms with E-state index in [1.165, 1.54) is 0 Å². The van der Waals surface area contributed by atoms with Crippen molar-refractivity contribution in [2.45, 2.75) is 43.5 Å². The third-order valence-electron chi connectivity index (χ3n) is 3.34. The topological polar surface area (TPSA) is 216 Å². The second-order valence-electron chi connectivity index (χ2n) is 5.34. The van der Waals surface area contributed by atoms with Gasteiger partial charge in [-0.1, -0.05) is 0 Å². The van der Waals surface area contributed by atoms with Crippen LogP contribution in [0.3, 0.4) is 0 Å². The molecule has 0 aromatic rings. The lowest BCUT2D eigenvalue weighted by Crippen LogP contribution is -2.59. The first kappa shape index (κ1) is 22.6. The van der Waals surface area contributed by atoms with Gasteiger partial charge in [0.15, 0.2) is 0 Å². The van der Waals surface area contributed by atoms with E-state index in [2.05, 4.69) is 0 Å². The van der Waals surface area contributed by atoms with Crippen LogP contribution in [0.2, 0.25) is 0 Å². The van der Waals surface area contributed by atoms with Gasteiger partial charge in [0.1, 0.15) is 31.0 Å². The number of aliphatic hydroxyl groups is 3. The summed E-state index contributed by atoms with van der Waals surface area (Å²) < 4.78 is 14.5. The molecule has 0 amide bonds. The van der Waals surface area contributed by atoms with Crippen LogP contribution in [-0.4, -0.2) is 98.5 Å². The van der Waals surface area contributed by atoms with Crippen LogP contribution < -0.4 is 0 Å². The fraction of sp³-hybridized carbons (Fsp3) is 0.833. The Hall–Kier alpha value is -1.46. The smallest absolute Gasteiger partial charge is 0.309 e. The van der Waals surface area contributed by atoms with Crippen LogP contribution in [-0.2, 0) is 23.8 Å². The summed E-state index contributed by atoms with van der Waals surface area (Å²) in [5.41, 5.74) is 0. The van der Waals surface area contributed by atoms with Gasteiger partial charge >= 0.3 is 11.9 Å². The van der Waals surface area contributed by atoms with Crippen LogP contribution in [0, 0.1) is 10.4 Å². The summed E-state index contributed by atoms with van der Waals surface area (Å²) in [4.78, 5) is 22.9. The number of rotatable bonds is 9. The monoisotopic (exact) mass is 384 g/mol. The van der Waals surface area contributed by atoms with Crippen molar-refractivity contribution in [1.29, 1.82) is 0 Å². The summed E-state index contributed by atoms with van der Waals surface area (Å²) in [6, 6.07) is 0. The molecule has 0 unspecified atom stereocenters. The summed E-state index contributed by atoms with van der Waals surface area (Å²) in [5, 5.41) is 65.8. The number of aliphatic hydroxyl groups excluding tert-OH is 3. The van der Waals surface area contributed by atoms with E-state index in [4.69, 9.17) is 24.6 Å². The van der Waals surface area contributed by atoms with Gasteiger partial charge in [-0.05, 0) is 0 Å². The predicted molar refractivity (Wildman–Crippen MR) is 76.7 cm³/mol. The Labute approximate surface area is 146 Å². The average molecular weight is 384 g/mol. The molecule has 1 saturated heterocycles. The second-order valence-corrected chi connectivity index (χ2v) is 5.34. The first-order chi connectivity index (χ1) is 12.1. The van der Waals surface area contributed by atoms with Crippen molar-refractivity contribution < 1.29 is 49.5 Å². The van der Waals surface area contributed by atoms with E-state index < -0.39 is 85.6 Å². The molecule has 5 N–H and O–H groups in total. The predicted octanol–water partition coefficient (Wildman–Crippen LogP) is -2.96.